The predicted octanol–water partition coefficient (Wildman–Crippen LogP) is 20.9. The smallest absolute Gasteiger partial charge is 0.324 e. The standard InChI is InChI=1S/C15H12O2.C12H14O2.C10H10O2.C8H12O2.C7H10O2.C7H12O2.C6H10O2.C5H8O2.9C2H6/c16-14-15(11-17-14,12-7-3-1-4-8-12)13-9-5-2-6-10-13;1-12(9-14-11(12)13)8-7-10-5-3-2-4-6-10;1-10(7-12-9(10)11)8-5-3-2-4-6-8;9-7-8(6-10-7)4-2-1-3-5-8;8-6-7(5-9-6)3-1-2-4-7;1-3-7(4-2)5-9-6(7)8;1-3-6(2)4-8-5(6)7;1-5(2)3-7-4(5)6;9*1-2/h1-10H,11H2;2-6H,7-9H2,1H3;2-6H,7H2,1H3;1-6H2;1-5H2;3-5H2,1-2H3;3-4H2,1-2H3;3H2,1-2H3;9*1-2H3. The van der Waals surface area contributed by atoms with E-state index in [1.165, 1.54) is 37.7 Å². The Labute approximate surface area is 630 Å². The first-order valence-corrected chi connectivity index (χ1v) is 39.6. The van der Waals surface area contributed by atoms with Crippen molar-refractivity contribution in [2.45, 2.75) is 281 Å². The predicted molar refractivity (Wildman–Crippen MR) is 422 cm³/mol. The first kappa shape index (κ1) is 101. The number of aryl methyl sites for hydroxylation is 1. The van der Waals surface area contributed by atoms with Crippen molar-refractivity contribution in [1.82, 2.24) is 0 Å². The molecule has 16 heteroatoms. The van der Waals surface area contributed by atoms with Crippen molar-refractivity contribution < 1.29 is 76.3 Å². The van der Waals surface area contributed by atoms with Crippen molar-refractivity contribution in [3.8, 4) is 0 Å². The number of esters is 8. The van der Waals surface area contributed by atoms with E-state index in [2.05, 4.69) is 26.3 Å². The van der Waals surface area contributed by atoms with Crippen LogP contribution in [0.4, 0.5) is 0 Å². The van der Waals surface area contributed by atoms with Crippen molar-refractivity contribution >= 4 is 47.8 Å². The molecule has 14 rings (SSSR count). The number of carbonyl (C=O) groups is 8. The highest BCUT2D eigenvalue weighted by Crippen LogP contribution is 2.46. The van der Waals surface area contributed by atoms with Crippen LogP contribution in [-0.2, 0) is 93.5 Å². The molecule has 104 heavy (non-hydrogen) atoms. The minimum Gasteiger partial charge on any atom is -0.464 e. The zero-order valence-electron chi connectivity index (χ0n) is 69.6. The van der Waals surface area contributed by atoms with E-state index < -0.39 is 5.41 Å². The molecule has 2 spiro atoms. The largest absolute Gasteiger partial charge is 0.464 e. The minimum absolute atomic E-state index is 0.00174. The Balaban J connectivity index is -0.00000110. The van der Waals surface area contributed by atoms with Crippen LogP contribution in [0.5, 0.6) is 0 Å². The van der Waals surface area contributed by atoms with E-state index in [1.54, 1.807) is 0 Å². The van der Waals surface area contributed by atoms with Gasteiger partial charge in [0.2, 0.25) is 0 Å². The summed E-state index contributed by atoms with van der Waals surface area (Å²) in [4.78, 5) is 87.7. The van der Waals surface area contributed by atoms with Crippen LogP contribution in [0.3, 0.4) is 0 Å². The number of rotatable bonds is 9. The fourth-order valence-corrected chi connectivity index (χ4v) is 11.0. The van der Waals surface area contributed by atoms with Gasteiger partial charge in [0.25, 0.3) is 0 Å². The average molecular weight is 1460 g/mol. The molecule has 4 aromatic rings. The van der Waals surface area contributed by atoms with Crippen molar-refractivity contribution in [1.29, 1.82) is 0 Å². The third kappa shape index (κ3) is 27.8. The van der Waals surface area contributed by atoms with E-state index in [1.807, 2.05) is 289 Å². The number of ether oxygens (including phenoxy) is 8. The lowest BCUT2D eigenvalue weighted by Gasteiger charge is -2.41. The van der Waals surface area contributed by atoms with Gasteiger partial charge in [0, 0.05) is 0 Å². The van der Waals surface area contributed by atoms with Gasteiger partial charge in [-0.2, -0.15) is 0 Å². The highest BCUT2D eigenvalue weighted by Gasteiger charge is 2.54. The number of benzene rings is 4. The lowest BCUT2D eigenvalue weighted by atomic mass is 9.72. The van der Waals surface area contributed by atoms with Crippen LogP contribution in [0, 0.1) is 32.5 Å². The molecule has 0 amide bonds. The summed E-state index contributed by atoms with van der Waals surface area (Å²) in [6.45, 7) is 56.4. The minimum atomic E-state index is -0.595. The van der Waals surface area contributed by atoms with Crippen LogP contribution in [-0.4, -0.2) is 101 Å². The average Bonchev–Trinajstić information content (AvgIpc) is 0.847. The Morgan fingerprint density at radius 3 is 0.779 bits per heavy atom. The maximum atomic E-state index is 11.9. The van der Waals surface area contributed by atoms with E-state index in [4.69, 9.17) is 23.7 Å². The number of hydrogen-bond acceptors (Lipinski definition) is 16. The fraction of sp³-hybridized carbons (Fsp3) is 0.636. The summed E-state index contributed by atoms with van der Waals surface area (Å²) in [6.07, 6.45) is 15.0. The molecule has 3 unspecified atom stereocenters. The summed E-state index contributed by atoms with van der Waals surface area (Å²) in [5, 5.41) is 0. The lowest BCUT2D eigenvalue weighted by molar-refractivity contribution is -0.190. The number of carbonyl (C=O) groups excluding carboxylic acids is 8. The first-order chi connectivity index (χ1) is 50.0. The molecule has 4 aromatic carbocycles. The van der Waals surface area contributed by atoms with Crippen LogP contribution in [0.1, 0.15) is 286 Å². The second-order valence-corrected chi connectivity index (χ2v) is 25.6. The van der Waals surface area contributed by atoms with E-state index >= 15 is 0 Å². The van der Waals surface area contributed by atoms with Gasteiger partial charge in [0.05, 0.1) is 16.2 Å². The molecule has 8 saturated heterocycles. The maximum Gasteiger partial charge on any atom is 0.324 e. The van der Waals surface area contributed by atoms with Gasteiger partial charge in [-0.3, -0.25) is 38.4 Å². The molecule has 590 valence electrons. The molecule has 10 aliphatic rings. The van der Waals surface area contributed by atoms with Gasteiger partial charge in [-0.25, -0.2) is 0 Å². The Kier molecular flexibility index (Phi) is 51.8. The molecular weight excluding hydrogens is 1310 g/mol. The van der Waals surface area contributed by atoms with Gasteiger partial charge >= 0.3 is 47.8 Å². The van der Waals surface area contributed by atoms with Crippen molar-refractivity contribution in [3.63, 3.8) is 0 Å². The Morgan fingerprint density at radius 2 is 0.606 bits per heavy atom. The monoisotopic (exact) mass is 1460 g/mol. The van der Waals surface area contributed by atoms with Crippen molar-refractivity contribution in [2.75, 3.05) is 52.9 Å². The molecule has 0 aromatic heterocycles. The van der Waals surface area contributed by atoms with Crippen molar-refractivity contribution in [3.05, 3.63) is 144 Å². The zero-order valence-corrected chi connectivity index (χ0v) is 69.6. The second-order valence-electron chi connectivity index (χ2n) is 25.6. The molecular formula is C88H142O16. The third-order valence-corrected chi connectivity index (χ3v) is 18.9. The number of hydrogen-bond donors (Lipinski definition) is 0. The van der Waals surface area contributed by atoms with Gasteiger partial charge in [0.1, 0.15) is 74.5 Å². The molecule has 3 atom stereocenters. The van der Waals surface area contributed by atoms with Crippen LogP contribution < -0.4 is 0 Å². The van der Waals surface area contributed by atoms with E-state index in [-0.39, 0.29) is 85.7 Å². The Hall–Kier alpha value is -7.36. The Bertz CT molecular complexity index is 2900. The molecule has 8 aliphatic heterocycles. The molecule has 16 nitrogen and oxygen atoms in total. The summed E-state index contributed by atoms with van der Waals surface area (Å²) >= 11 is 0. The summed E-state index contributed by atoms with van der Waals surface area (Å²) in [5.41, 5.74) is 2.72. The van der Waals surface area contributed by atoms with Crippen LogP contribution in [0.15, 0.2) is 121 Å². The Morgan fingerprint density at radius 1 is 0.288 bits per heavy atom. The summed E-state index contributed by atoms with van der Waals surface area (Å²) < 4.78 is 37.9. The molecule has 2 saturated carbocycles. The quantitative estimate of drug-likeness (QED) is 0.113. The molecule has 2 aliphatic carbocycles. The number of cyclic esters (lactones) is 8. The highest BCUT2D eigenvalue weighted by molar-refractivity contribution is 5.92. The zero-order chi connectivity index (χ0) is 80.3. The van der Waals surface area contributed by atoms with Gasteiger partial charge in [0.15, 0.2) is 5.41 Å². The van der Waals surface area contributed by atoms with Crippen LogP contribution in [0.2, 0.25) is 0 Å². The third-order valence-electron chi connectivity index (χ3n) is 18.9. The van der Waals surface area contributed by atoms with Crippen molar-refractivity contribution in [2.24, 2.45) is 32.5 Å². The highest BCUT2D eigenvalue weighted by atomic mass is 16.6. The molecule has 8 heterocycles. The maximum absolute atomic E-state index is 11.9. The van der Waals surface area contributed by atoms with E-state index in [0.29, 0.717) is 52.9 Å². The topological polar surface area (TPSA) is 210 Å². The van der Waals surface area contributed by atoms with Crippen LogP contribution >= 0.6 is 0 Å². The molecule has 0 bridgehead atoms. The van der Waals surface area contributed by atoms with E-state index in [0.717, 1.165) is 74.5 Å². The second kappa shape index (κ2) is 53.4. The summed E-state index contributed by atoms with van der Waals surface area (Å²) in [6, 6.07) is 39.6. The SMILES string of the molecule is CC.CC.CC.CC.CC.CC.CC.CC.CC.CC1(C)COC1=O.CC1(CCc2ccccc2)COC1=O.CC1(c2ccccc2)COC1=O.CCC1(C)COC1=O.CCC1(CC)COC1=O.O=C1OCC1(c1ccccc1)c1ccccc1.O=C1OCC12CCCC2.O=C1OCC12CCCCC2. The molecule has 0 N–H and O–H groups in total. The van der Waals surface area contributed by atoms with Gasteiger partial charge in [-0.15, -0.1) is 0 Å². The van der Waals surface area contributed by atoms with Gasteiger partial charge in [-0.1, -0.05) is 299 Å². The molecule has 0 radical (unpaired) electrons. The first-order valence-electron chi connectivity index (χ1n) is 39.6. The molecule has 10 fully saturated rings. The fourth-order valence-electron chi connectivity index (χ4n) is 11.0. The van der Waals surface area contributed by atoms with Gasteiger partial charge in [-0.05, 0) is 115 Å². The summed E-state index contributed by atoms with van der Waals surface area (Å²) in [7, 11) is 0. The normalized spacial score (nSPS) is 21.8. The van der Waals surface area contributed by atoms with Gasteiger partial charge < -0.3 is 37.9 Å². The van der Waals surface area contributed by atoms with E-state index in [9.17, 15) is 38.4 Å². The van der Waals surface area contributed by atoms with Crippen LogP contribution in [0.25, 0.3) is 0 Å². The lowest BCUT2D eigenvalue weighted by Crippen LogP contribution is -2.52. The summed E-state index contributed by atoms with van der Waals surface area (Å²) in [5.74, 6) is -0.329.